The van der Waals surface area contributed by atoms with Gasteiger partial charge in [-0.15, -0.1) is 0 Å². The van der Waals surface area contributed by atoms with E-state index in [1.807, 2.05) is 0 Å². The van der Waals surface area contributed by atoms with Crippen LogP contribution in [0.3, 0.4) is 0 Å². The molecule has 1 amide bonds. The normalized spacial score (nSPS) is 13.0. The number of sulfonamides is 1. The summed E-state index contributed by atoms with van der Waals surface area (Å²) in [6.45, 7) is 3.72. The largest absolute Gasteiger partial charge is 0.492 e. The van der Waals surface area contributed by atoms with E-state index in [1.165, 1.54) is 39.2 Å². The molecule has 0 spiro atoms. The fourth-order valence-electron chi connectivity index (χ4n) is 1.51. The number of carbonyl (C=O) groups is 1. The predicted molar refractivity (Wildman–Crippen MR) is 80.8 cm³/mol. The van der Waals surface area contributed by atoms with Gasteiger partial charge in [-0.05, 0) is 32.0 Å². The van der Waals surface area contributed by atoms with Gasteiger partial charge in [0.15, 0.2) is 0 Å². The number of nitrogens with two attached hydrogens (primary N) is 1. The van der Waals surface area contributed by atoms with E-state index in [2.05, 4.69) is 5.32 Å². The van der Waals surface area contributed by atoms with Gasteiger partial charge in [0.05, 0.1) is 23.2 Å². The van der Waals surface area contributed by atoms with Gasteiger partial charge in [-0.25, -0.2) is 12.7 Å². The molecule has 0 aliphatic rings. The molecule has 0 heterocycles. The highest BCUT2D eigenvalue weighted by molar-refractivity contribution is 7.89. The molecule has 118 valence electrons. The van der Waals surface area contributed by atoms with Gasteiger partial charge >= 0.3 is 0 Å². The summed E-state index contributed by atoms with van der Waals surface area (Å²) in [7, 11) is -0.719. The topological polar surface area (TPSA) is 102 Å². The molecule has 3 N–H and O–H groups in total. The van der Waals surface area contributed by atoms with Crippen molar-refractivity contribution in [2.75, 3.05) is 26.0 Å². The Kier molecular flexibility index (Phi) is 5.70. The number of anilines is 1. The van der Waals surface area contributed by atoms with E-state index < -0.39 is 22.0 Å². The highest BCUT2D eigenvalue weighted by Gasteiger charge is 2.20. The molecule has 0 fully saturated rings. The molecule has 0 saturated heterocycles. The zero-order valence-corrected chi connectivity index (χ0v) is 13.4. The Bertz CT molecular complexity index is 612. The second kappa shape index (κ2) is 6.88. The van der Waals surface area contributed by atoms with E-state index in [1.54, 1.807) is 6.92 Å². The Hall–Kier alpha value is -1.64. The first-order chi connectivity index (χ1) is 9.70. The van der Waals surface area contributed by atoms with Crippen molar-refractivity contribution in [2.24, 2.45) is 5.73 Å². The Morgan fingerprint density at radius 3 is 2.52 bits per heavy atom. The van der Waals surface area contributed by atoms with Crippen LogP contribution < -0.4 is 15.8 Å². The zero-order chi connectivity index (χ0) is 16.2. The summed E-state index contributed by atoms with van der Waals surface area (Å²) in [5.41, 5.74) is 5.78. The van der Waals surface area contributed by atoms with E-state index in [-0.39, 0.29) is 10.6 Å². The fraction of sp³-hybridized carbons (Fsp3) is 0.462. The minimum absolute atomic E-state index is 0.0657. The molecule has 0 unspecified atom stereocenters. The second-order valence-corrected chi connectivity index (χ2v) is 6.81. The summed E-state index contributed by atoms with van der Waals surface area (Å²) < 4.78 is 30.7. The molecular weight excluding hydrogens is 294 g/mol. The van der Waals surface area contributed by atoms with Crippen LogP contribution in [0.15, 0.2) is 23.1 Å². The van der Waals surface area contributed by atoms with E-state index in [0.717, 1.165) is 4.31 Å². The van der Waals surface area contributed by atoms with Gasteiger partial charge in [-0.2, -0.15) is 0 Å². The molecule has 1 aromatic rings. The van der Waals surface area contributed by atoms with Gasteiger partial charge in [-0.1, -0.05) is 0 Å². The maximum atomic E-state index is 12.1. The van der Waals surface area contributed by atoms with Gasteiger partial charge in [0.25, 0.3) is 0 Å². The van der Waals surface area contributed by atoms with E-state index in [4.69, 9.17) is 10.5 Å². The van der Waals surface area contributed by atoms with Crippen LogP contribution in [0.25, 0.3) is 0 Å². The first-order valence-electron chi connectivity index (χ1n) is 6.46. The monoisotopic (exact) mass is 315 g/mol. The molecule has 0 aromatic heterocycles. The Morgan fingerprint density at radius 2 is 2.05 bits per heavy atom. The van der Waals surface area contributed by atoms with Crippen LogP contribution in [0, 0.1) is 0 Å². The van der Waals surface area contributed by atoms with Crippen LogP contribution in [0.4, 0.5) is 5.69 Å². The standard InChI is InChI=1S/C13H21N3O4S/c1-5-20-12-7-6-10(21(18,19)16(3)4)8-11(12)15-13(17)9(2)14/h6-9H,5,14H2,1-4H3,(H,15,17)/t9-/m0/s1. The SMILES string of the molecule is CCOc1ccc(S(=O)(=O)N(C)C)cc1NC(=O)[C@H](C)N. The number of carbonyl (C=O) groups excluding carboxylic acids is 1. The third-order valence-corrected chi connectivity index (χ3v) is 4.51. The van der Waals surface area contributed by atoms with Crippen molar-refractivity contribution in [3.8, 4) is 5.75 Å². The number of hydrogen-bond donors (Lipinski definition) is 2. The van der Waals surface area contributed by atoms with E-state index in [0.29, 0.717) is 12.4 Å². The lowest BCUT2D eigenvalue weighted by Crippen LogP contribution is -2.32. The van der Waals surface area contributed by atoms with Gasteiger partial charge in [0, 0.05) is 14.1 Å². The first kappa shape index (κ1) is 17.4. The molecule has 0 radical (unpaired) electrons. The van der Waals surface area contributed by atoms with Gasteiger partial charge in [0.2, 0.25) is 15.9 Å². The van der Waals surface area contributed by atoms with Crippen LogP contribution in [-0.4, -0.2) is 45.4 Å². The number of rotatable bonds is 6. The quantitative estimate of drug-likeness (QED) is 0.801. The average molecular weight is 315 g/mol. The van der Waals surface area contributed by atoms with Gasteiger partial charge in [-0.3, -0.25) is 4.79 Å². The molecular formula is C13H21N3O4S. The van der Waals surface area contributed by atoms with Crippen molar-refractivity contribution >= 4 is 21.6 Å². The molecule has 0 aliphatic heterocycles. The highest BCUT2D eigenvalue weighted by Crippen LogP contribution is 2.28. The average Bonchev–Trinajstić information content (AvgIpc) is 2.40. The zero-order valence-electron chi connectivity index (χ0n) is 12.6. The Labute approximate surface area is 125 Å². The maximum absolute atomic E-state index is 12.1. The number of amides is 1. The predicted octanol–water partition coefficient (Wildman–Crippen LogP) is 0.621. The lowest BCUT2D eigenvalue weighted by Gasteiger charge is -2.16. The molecule has 7 nitrogen and oxygen atoms in total. The van der Waals surface area contributed by atoms with Crippen molar-refractivity contribution in [3.63, 3.8) is 0 Å². The number of hydrogen-bond acceptors (Lipinski definition) is 5. The van der Waals surface area contributed by atoms with Crippen LogP contribution in [0.2, 0.25) is 0 Å². The molecule has 21 heavy (non-hydrogen) atoms. The number of benzene rings is 1. The summed E-state index contributed by atoms with van der Waals surface area (Å²) in [5, 5.41) is 2.57. The molecule has 0 bridgehead atoms. The van der Waals surface area contributed by atoms with Crippen LogP contribution >= 0.6 is 0 Å². The lowest BCUT2D eigenvalue weighted by molar-refractivity contribution is -0.117. The smallest absolute Gasteiger partial charge is 0.242 e. The van der Waals surface area contributed by atoms with E-state index in [9.17, 15) is 13.2 Å². The molecule has 1 aromatic carbocycles. The van der Waals surface area contributed by atoms with Gasteiger partial charge < -0.3 is 15.8 Å². The molecule has 1 rings (SSSR count). The van der Waals surface area contributed by atoms with Crippen molar-refractivity contribution in [1.82, 2.24) is 4.31 Å². The van der Waals surface area contributed by atoms with Crippen molar-refractivity contribution in [2.45, 2.75) is 24.8 Å². The third-order valence-electron chi connectivity index (χ3n) is 2.70. The van der Waals surface area contributed by atoms with Crippen LogP contribution in [0.5, 0.6) is 5.75 Å². The van der Waals surface area contributed by atoms with Crippen molar-refractivity contribution in [3.05, 3.63) is 18.2 Å². The maximum Gasteiger partial charge on any atom is 0.242 e. The molecule has 0 aliphatic carbocycles. The van der Waals surface area contributed by atoms with Crippen LogP contribution in [-0.2, 0) is 14.8 Å². The minimum Gasteiger partial charge on any atom is -0.492 e. The Balaban J connectivity index is 3.27. The highest BCUT2D eigenvalue weighted by atomic mass is 32.2. The summed E-state index contributed by atoms with van der Waals surface area (Å²) in [6, 6.07) is 3.59. The first-order valence-corrected chi connectivity index (χ1v) is 7.90. The summed E-state index contributed by atoms with van der Waals surface area (Å²) in [5.74, 6) is -0.0282. The third kappa shape index (κ3) is 4.16. The van der Waals surface area contributed by atoms with Gasteiger partial charge in [0.1, 0.15) is 5.75 Å². The summed E-state index contributed by atoms with van der Waals surface area (Å²) in [4.78, 5) is 11.8. The minimum atomic E-state index is -3.59. The van der Waals surface area contributed by atoms with E-state index >= 15 is 0 Å². The van der Waals surface area contributed by atoms with Crippen molar-refractivity contribution in [1.29, 1.82) is 0 Å². The summed E-state index contributed by atoms with van der Waals surface area (Å²) >= 11 is 0. The molecule has 0 saturated carbocycles. The second-order valence-electron chi connectivity index (χ2n) is 4.66. The van der Waals surface area contributed by atoms with Crippen LogP contribution in [0.1, 0.15) is 13.8 Å². The lowest BCUT2D eigenvalue weighted by atomic mass is 10.2. The summed E-state index contributed by atoms with van der Waals surface area (Å²) in [6.07, 6.45) is 0. The Morgan fingerprint density at radius 1 is 1.43 bits per heavy atom. The molecule has 8 heteroatoms. The number of nitrogens with zero attached hydrogens (tertiary/aromatic N) is 1. The molecule has 1 atom stereocenters. The number of nitrogens with one attached hydrogen (secondary N) is 1. The fourth-order valence-corrected chi connectivity index (χ4v) is 2.43. The number of ether oxygens (including phenoxy) is 1. The van der Waals surface area contributed by atoms with Crippen molar-refractivity contribution < 1.29 is 17.9 Å².